The molecule has 9 nitrogen and oxygen atoms in total. The van der Waals surface area contributed by atoms with Crippen molar-refractivity contribution < 1.29 is 28.4 Å². The van der Waals surface area contributed by atoms with Crippen LogP contribution in [0.2, 0.25) is 0 Å². The molecule has 126 valence electrons. The van der Waals surface area contributed by atoms with Crippen LogP contribution in [0.1, 0.15) is 0 Å². The standard InChI is InChI=1S/C14H13FN4O5/c1-18-12(22)13(23)19(14(18)24)7-11(21)16-6-10(20)17-9-4-2-8(15)3-5-9/h2-5H,6-7H2,1H3,(H,16,21)(H,17,20). The third-order valence-corrected chi connectivity index (χ3v) is 3.13. The number of carbonyl (C=O) groups is 5. The zero-order valence-corrected chi connectivity index (χ0v) is 12.5. The van der Waals surface area contributed by atoms with Gasteiger partial charge in [0.2, 0.25) is 11.8 Å². The topological polar surface area (TPSA) is 116 Å². The normalized spacial score (nSPS) is 14.2. The molecule has 0 atom stereocenters. The molecule has 6 amide bonds. The van der Waals surface area contributed by atoms with Crippen molar-refractivity contribution >= 4 is 35.3 Å². The Labute approximate surface area is 135 Å². The lowest BCUT2D eigenvalue weighted by atomic mass is 10.3. The minimum Gasteiger partial charge on any atom is -0.345 e. The van der Waals surface area contributed by atoms with Crippen LogP contribution in [0.15, 0.2) is 24.3 Å². The minimum atomic E-state index is -1.10. The van der Waals surface area contributed by atoms with Gasteiger partial charge in [-0.25, -0.2) is 14.1 Å². The van der Waals surface area contributed by atoms with Gasteiger partial charge in [-0.05, 0) is 24.3 Å². The summed E-state index contributed by atoms with van der Waals surface area (Å²) in [4.78, 5) is 58.8. The van der Waals surface area contributed by atoms with Gasteiger partial charge in [0.1, 0.15) is 12.4 Å². The van der Waals surface area contributed by atoms with Crippen molar-refractivity contribution in [3.05, 3.63) is 30.1 Å². The average Bonchev–Trinajstić information content (AvgIpc) is 2.73. The van der Waals surface area contributed by atoms with Gasteiger partial charge < -0.3 is 10.6 Å². The average molecular weight is 336 g/mol. The molecule has 1 heterocycles. The number of anilines is 1. The van der Waals surface area contributed by atoms with E-state index in [2.05, 4.69) is 10.6 Å². The van der Waals surface area contributed by atoms with Crippen molar-refractivity contribution in [2.75, 3.05) is 25.5 Å². The SMILES string of the molecule is CN1C(=O)C(=O)N(CC(=O)NCC(=O)Nc2ccc(F)cc2)C1=O. The number of benzene rings is 1. The van der Waals surface area contributed by atoms with E-state index in [-0.39, 0.29) is 0 Å². The summed E-state index contributed by atoms with van der Waals surface area (Å²) in [6.07, 6.45) is 0. The van der Waals surface area contributed by atoms with Gasteiger partial charge in [0, 0.05) is 12.7 Å². The first kappa shape index (κ1) is 17.1. The van der Waals surface area contributed by atoms with E-state index in [1.54, 1.807) is 0 Å². The number of nitrogens with zero attached hydrogens (tertiary/aromatic N) is 2. The summed E-state index contributed by atoms with van der Waals surface area (Å²) >= 11 is 0. The quantitative estimate of drug-likeness (QED) is 0.545. The Bertz CT molecular complexity index is 718. The number of rotatable bonds is 5. The van der Waals surface area contributed by atoms with E-state index in [1.807, 2.05) is 0 Å². The van der Waals surface area contributed by atoms with Crippen molar-refractivity contribution in [3.63, 3.8) is 0 Å². The van der Waals surface area contributed by atoms with Crippen LogP contribution in [0.5, 0.6) is 0 Å². The molecule has 0 aliphatic carbocycles. The van der Waals surface area contributed by atoms with E-state index in [9.17, 15) is 28.4 Å². The highest BCUT2D eigenvalue weighted by Gasteiger charge is 2.42. The third kappa shape index (κ3) is 3.72. The Kier molecular flexibility index (Phi) is 4.87. The fourth-order valence-electron chi connectivity index (χ4n) is 1.87. The van der Waals surface area contributed by atoms with Crippen LogP contribution in [-0.2, 0) is 19.2 Å². The summed E-state index contributed by atoms with van der Waals surface area (Å²) in [5.41, 5.74) is 0.341. The molecule has 24 heavy (non-hydrogen) atoms. The molecule has 2 rings (SSSR count). The zero-order chi connectivity index (χ0) is 17.9. The summed E-state index contributed by atoms with van der Waals surface area (Å²) in [6, 6.07) is 4.10. The minimum absolute atomic E-state index is 0.341. The molecule has 1 saturated heterocycles. The van der Waals surface area contributed by atoms with Gasteiger partial charge in [-0.1, -0.05) is 0 Å². The summed E-state index contributed by atoms with van der Waals surface area (Å²) in [5.74, 6) is -3.95. The van der Waals surface area contributed by atoms with Gasteiger partial charge in [-0.3, -0.25) is 24.1 Å². The van der Waals surface area contributed by atoms with Gasteiger partial charge in [-0.2, -0.15) is 0 Å². The smallest absolute Gasteiger partial charge is 0.334 e. The third-order valence-electron chi connectivity index (χ3n) is 3.13. The van der Waals surface area contributed by atoms with Crippen LogP contribution in [-0.4, -0.2) is 59.6 Å². The maximum absolute atomic E-state index is 12.7. The Balaban J connectivity index is 1.82. The Morgan fingerprint density at radius 3 is 2.21 bits per heavy atom. The molecule has 1 aromatic rings. The van der Waals surface area contributed by atoms with Crippen LogP contribution in [0, 0.1) is 5.82 Å². The van der Waals surface area contributed by atoms with Gasteiger partial charge in [0.25, 0.3) is 0 Å². The molecule has 1 fully saturated rings. The zero-order valence-electron chi connectivity index (χ0n) is 12.5. The second-order valence-corrected chi connectivity index (χ2v) is 4.87. The van der Waals surface area contributed by atoms with Gasteiger partial charge >= 0.3 is 17.8 Å². The molecular weight excluding hydrogens is 323 g/mol. The number of halogens is 1. The lowest BCUT2D eigenvalue weighted by Gasteiger charge is -2.12. The van der Waals surface area contributed by atoms with Crippen LogP contribution in [0.3, 0.4) is 0 Å². The van der Waals surface area contributed by atoms with E-state index in [1.165, 1.54) is 12.1 Å². The molecule has 0 radical (unpaired) electrons. The largest absolute Gasteiger partial charge is 0.345 e. The fraction of sp³-hybridized carbons (Fsp3) is 0.214. The van der Waals surface area contributed by atoms with Crippen LogP contribution < -0.4 is 10.6 Å². The van der Waals surface area contributed by atoms with Gasteiger partial charge in [-0.15, -0.1) is 0 Å². The van der Waals surface area contributed by atoms with Crippen LogP contribution >= 0.6 is 0 Å². The molecule has 0 spiro atoms. The molecule has 10 heteroatoms. The first-order chi connectivity index (χ1) is 11.3. The summed E-state index contributed by atoms with van der Waals surface area (Å²) in [7, 11) is 1.12. The van der Waals surface area contributed by atoms with E-state index in [4.69, 9.17) is 0 Å². The van der Waals surface area contributed by atoms with Gasteiger partial charge in [0.05, 0.1) is 6.54 Å². The second kappa shape index (κ2) is 6.86. The predicted octanol–water partition coefficient (Wildman–Crippen LogP) is -0.699. The number of urea groups is 1. The molecule has 1 aromatic carbocycles. The number of likely N-dealkylation sites (N-methyl/N-ethyl adjacent to an activating group) is 1. The first-order valence-corrected chi connectivity index (χ1v) is 6.75. The molecule has 0 saturated carbocycles. The summed E-state index contributed by atoms with van der Waals surface area (Å²) in [6.45, 7) is -1.09. The highest BCUT2D eigenvalue weighted by atomic mass is 19.1. The Morgan fingerprint density at radius 1 is 1.04 bits per heavy atom. The molecule has 1 aliphatic heterocycles. The van der Waals surface area contributed by atoms with E-state index in [0.29, 0.717) is 15.5 Å². The lowest BCUT2D eigenvalue weighted by molar-refractivity contribution is -0.143. The number of amides is 6. The van der Waals surface area contributed by atoms with Crippen LogP contribution in [0.25, 0.3) is 0 Å². The maximum atomic E-state index is 12.7. The van der Waals surface area contributed by atoms with Crippen molar-refractivity contribution in [2.24, 2.45) is 0 Å². The molecular formula is C14H13FN4O5. The van der Waals surface area contributed by atoms with Crippen molar-refractivity contribution in [1.82, 2.24) is 15.1 Å². The van der Waals surface area contributed by atoms with Crippen molar-refractivity contribution in [3.8, 4) is 0 Å². The molecule has 0 bridgehead atoms. The lowest BCUT2D eigenvalue weighted by Crippen LogP contribution is -2.43. The number of hydrogen-bond acceptors (Lipinski definition) is 5. The van der Waals surface area contributed by atoms with Crippen LogP contribution in [0.4, 0.5) is 14.9 Å². The second-order valence-electron chi connectivity index (χ2n) is 4.87. The van der Waals surface area contributed by atoms with Gasteiger partial charge in [0.15, 0.2) is 0 Å². The maximum Gasteiger partial charge on any atom is 0.334 e. The molecule has 0 aromatic heterocycles. The number of imide groups is 2. The number of carbonyl (C=O) groups excluding carboxylic acids is 5. The van der Waals surface area contributed by atoms with E-state index in [0.717, 1.165) is 19.2 Å². The van der Waals surface area contributed by atoms with Crippen molar-refractivity contribution in [2.45, 2.75) is 0 Å². The number of nitrogens with one attached hydrogen (secondary N) is 2. The monoisotopic (exact) mass is 336 g/mol. The predicted molar refractivity (Wildman–Crippen MR) is 77.9 cm³/mol. The van der Waals surface area contributed by atoms with E-state index < -0.39 is 48.6 Å². The van der Waals surface area contributed by atoms with Crippen molar-refractivity contribution in [1.29, 1.82) is 0 Å². The highest BCUT2D eigenvalue weighted by molar-refractivity contribution is 6.44. The summed E-state index contributed by atoms with van der Waals surface area (Å²) in [5, 5.41) is 4.63. The molecule has 0 unspecified atom stereocenters. The molecule has 2 N–H and O–H groups in total. The summed E-state index contributed by atoms with van der Waals surface area (Å²) < 4.78 is 12.7. The molecule has 1 aliphatic rings. The Hall–Kier alpha value is -3.30. The number of hydrogen-bond donors (Lipinski definition) is 2. The van der Waals surface area contributed by atoms with E-state index >= 15 is 0 Å². The highest BCUT2D eigenvalue weighted by Crippen LogP contribution is 2.09. The fourth-order valence-corrected chi connectivity index (χ4v) is 1.87. The first-order valence-electron chi connectivity index (χ1n) is 6.75. The Morgan fingerprint density at radius 2 is 1.67 bits per heavy atom.